The standard InChI is InChI=1S/C14H19N3O/c1-11-13(10-17(2)16-11)9-15-14-5-3-12(4-6-14)7-8-18/h3-6,10,15,18H,7-9H2,1-2H3. The molecule has 0 saturated heterocycles. The lowest BCUT2D eigenvalue weighted by molar-refractivity contribution is 0.299. The van der Waals surface area contributed by atoms with Crippen LogP contribution in [-0.2, 0) is 20.0 Å². The number of hydrogen-bond donors (Lipinski definition) is 2. The number of aliphatic hydroxyl groups is 1. The number of aliphatic hydroxyl groups excluding tert-OH is 1. The van der Waals surface area contributed by atoms with E-state index in [1.54, 1.807) is 0 Å². The van der Waals surface area contributed by atoms with Gasteiger partial charge in [-0.3, -0.25) is 4.68 Å². The van der Waals surface area contributed by atoms with Crippen LogP contribution in [0.1, 0.15) is 16.8 Å². The third kappa shape index (κ3) is 3.11. The van der Waals surface area contributed by atoms with Crippen LogP contribution in [0.3, 0.4) is 0 Å². The molecule has 1 aromatic heterocycles. The molecule has 4 nitrogen and oxygen atoms in total. The van der Waals surface area contributed by atoms with E-state index in [1.165, 1.54) is 5.56 Å². The first-order valence-corrected chi connectivity index (χ1v) is 6.12. The molecule has 4 heteroatoms. The van der Waals surface area contributed by atoms with Crippen LogP contribution in [0.25, 0.3) is 0 Å². The van der Waals surface area contributed by atoms with Crippen LogP contribution in [0.5, 0.6) is 0 Å². The average Bonchev–Trinajstić information content (AvgIpc) is 2.67. The minimum Gasteiger partial charge on any atom is -0.396 e. The molecule has 0 radical (unpaired) electrons. The second-order valence-corrected chi connectivity index (χ2v) is 4.44. The van der Waals surface area contributed by atoms with Crippen LogP contribution in [0, 0.1) is 6.92 Å². The van der Waals surface area contributed by atoms with Gasteiger partial charge >= 0.3 is 0 Å². The lowest BCUT2D eigenvalue weighted by Crippen LogP contribution is -2.00. The Bertz CT molecular complexity index is 502. The van der Waals surface area contributed by atoms with Gasteiger partial charge in [0.1, 0.15) is 0 Å². The van der Waals surface area contributed by atoms with Crippen LogP contribution >= 0.6 is 0 Å². The van der Waals surface area contributed by atoms with Gasteiger partial charge < -0.3 is 10.4 Å². The first-order valence-electron chi connectivity index (χ1n) is 6.12. The molecule has 0 aliphatic rings. The highest BCUT2D eigenvalue weighted by Gasteiger charge is 2.02. The molecule has 2 rings (SSSR count). The van der Waals surface area contributed by atoms with E-state index in [0.717, 1.165) is 23.5 Å². The summed E-state index contributed by atoms with van der Waals surface area (Å²) >= 11 is 0. The fourth-order valence-electron chi connectivity index (χ4n) is 1.94. The van der Waals surface area contributed by atoms with Gasteiger partial charge in [-0.2, -0.15) is 5.10 Å². The predicted octanol–water partition coefficient (Wildman–Crippen LogP) is 1.88. The molecular formula is C14H19N3O. The number of benzene rings is 1. The summed E-state index contributed by atoms with van der Waals surface area (Å²) in [5.41, 5.74) is 4.50. The zero-order chi connectivity index (χ0) is 13.0. The monoisotopic (exact) mass is 245 g/mol. The van der Waals surface area contributed by atoms with Crippen LogP contribution in [0.2, 0.25) is 0 Å². The molecule has 0 fully saturated rings. The van der Waals surface area contributed by atoms with Crippen molar-refractivity contribution in [2.24, 2.45) is 7.05 Å². The number of aromatic nitrogens is 2. The average molecular weight is 245 g/mol. The Morgan fingerprint density at radius 2 is 2.00 bits per heavy atom. The van der Waals surface area contributed by atoms with E-state index < -0.39 is 0 Å². The van der Waals surface area contributed by atoms with Gasteiger partial charge in [0.05, 0.1) is 5.69 Å². The van der Waals surface area contributed by atoms with Crippen molar-refractivity contribution in [1.29, 1.82) is 0 Å². The normalized spacial score (nSPS) is 10.6. The molecule has 0 aliphatic carbocycles. The fourth-order valence-corrected chi connectivity index (χ4v) is 1.94. The number of rotatable bonds is 5. The number of nitrogens with zero attached hydrogens (tertiary/aromatic N) is 2. The summed E-state index contributed by atoms with van der Waals surface area (Å²) < 4.78 is 1.83. The van der Waals surface area contributed by atoms with E-state index in [2.05, 4.69) is 10.4 Å². The van der Waals surface area contributed by atoms with Gasteiger partial charge in [0.15, 0.2) is 0 Å². The van der Waals surface area contributed by atoms with Gasteiger partial charge in [-0.05, 0) is 31.0 Å². The molecule has 1 aromatic carbocycles. The van der Waals surface area contributed by atoms with Gasteiger partial charge in [-0.15, -0.1) is 0 Å². The summed E-state index contributed by atoms with van der Waals surface area (Å²) in [6.45, 7) is 2.99. The van der Waals surface area contributed by atoms with Crippen LogP contribution in [-0.4, -0.2) is 21.5 Å². The molecule has 0 spiro atoms. The summed E-state index contributed by atoms with van der Waals surface area (Å²) in [5, 5.41) is 16.5. The highest BCUT2D eigenvalue weighted by atomic mass is 16.2. The van der Waals surface area contributed by atoms with Crippen LogP contribution in [0.15, 0.2) is 30.5 Å². The summed E-state index contributed by atoms with van der Waals surface area (Å²) in [4.78, 5) is 0. The summed E-state index contributed by atoms with van der Waals surface area (Å²) in [6.07, 6.45) is 2.74. The second kappa shape index (κ2) is 5.69. The molecule has 0 amide bonds. The van der Waals surface area contributed by atoms with E-state index in [1.807, 2.05) is 49.1 Å². The second-order valence-electron chi connectivity index (χ2n) is 4.44. The maximum Gasteiger partial charge on any atom is 0.0643 e. The number of anilines is 1. The van der Waals surface area contributed by atoms with Crippen molar-refractivity contribution in [1.82, 2.24) is 9.78 Å². The first kappa shape index (κ1) is 12.6. The van der Waals surface area contributed by atoms with Gasteiger partial charge in [0.2, 0.25) is 0 Å². The zero-order valence-corrected chi connectivity index (χ0v) is 10.8. The van der Waals surface area contributed by atoms with Crippen molar-refractivity contribution >= 4 is 5.69 Å². The third-order valence-corrected chi connectivity index (χ3v) is 2.95. The minimum absolute atomic E-state index is 0.196. The van der Waals surface area contributed by atoms with E-state index in [-0.39, 0.29) is 6.61 Å². The summed E-state index contributed by atoms with van der Waals surface area (Å²) in [5.74, 6) is 0. The Morgan fingerprint density at radius 1 is 1.28 bits per heavy atom. The molecule has 0 saturated carbocycles. The van der Waals surface area contributed by atoms with Gasteiger partial charge in [0, 0.05) is 37.6 Å². The van der Waals surface area contributed by atoms with E-state index in [4.69, 9.17) is 5.11 Å². The molecule has 1 heterocycles. The van der Waals surface area contributed by atoms with E-state index in [9.17, 15) is 0 Å². The van der Waals surface area contributed by atoms with E-state index >= 15 is 0 Å². The predicted molar refractivity (Wildman–Crippen MR) is 72.5 cm³/mol. The highest BCUT2D eigenvalue weighted by molar-refractivity contribution is 5.45. The topological polar surface area (TPSA) is 50.1 Å². The summed E-state index contributed by atoms with van der Waals surface area (Å²) in [6, 6.07) is 8.15. The lowest BCUT2D eigenvalue weighted by Gasteiger charge is -2.06. The molecule has 0 unspecified atom stereocenters. The third-order valence-electron chi connectivity index (χ3n) is 2.95. The van der Waals surface area contributed by atoms with Crippen molar-refractivity contribution in [3.05, 3.63) is 47.3 Å². The maximum atomic E-state index is 8.85. The SMILES string of the molecule is Cc1nn(C)cc1CNc1ccc(CCO)cc1. The Labute approximate surface area is 107 Å². The smallest absolute Gasteiger partial charge is 0.0643 e. The van der Waals surface area contributed by atoms with E-state index in [0.29, 0.717) is 6.42 Å². The fraction of sp³-hybridized carbons (Fsp3) is 0.357. The van der Waals surface area contributed by atoms with Crippen LogP contribution in [0.4, 0.5) is 5.69 Å². The Balaban J connectivity index is 1.95. The summed E-state index contributed by atoms with van der Waals surface area (Å²) in [7, 11) is 1.93. The quantitative estimate of drug-likeness (QED) is 0.845. The molecule has 2 aromatic rings. The number of nitrogens with one attached hydrogen (secondary N) is 1. The van der Waals surface area contributed by atoms with Gasteiger partial charge in [0.25, 0.3) is 0 Å². The zero-order valence-electron chi connectivity index (χ0n) is 10.8. The molecule has 18 heavy (non-hydrogen) atoms. The number of hydrogen-bond acceptors (Lipinski definition) is 3. The largest absolute Gasteiger partial charge is 0.396 e. The lowest BCUT2D eigenvalue weighted by atomic mass is 10.1. The molecule has 96 valence electrons. The molecule has 0 aliphatic heterocycles. The maximum absolute atomic E-state index is 8.85. The van der Waals surface area contributed by atoms with Crippen molar-refractivity contribution in [3.8, 4) is 0 Å². The van der Waals surface area contributed by atoms with Crippen LogP contribution < -0.4 is 5.32 Å². The van der Waals surface area contributed by atoms with Crippen molar-refractivity contribution in [2.75, 3.05) is 11.9 Å². The molecular weight excluding hydrogens is 226 g/mol. The molecule has 0 bridgehead atoms. The Kier molecular flexibility index (Phi) is 3.99. The van der Waals surface area contributed by atoms with Gasteiger partial charge in [-0.25, -0.2) is 0 Å². The van der Waals surface area contributed by atoms with Crippen molar-refractivity contribution < 1.29 is 5.11 Å². The highest BCUT2D eigenvalue weighted by Crippen LogP contribution is 2.12. The molecule has 2 N–H and O–H groups in total. The number of aryl methyl sites for hydroxylation is 2. The first-order chi connectivity index (χ1) is 8.69. The van der Waals surface area contributed by atoms with Gasteiger partial charge in [-0.1, -0.05) is 12.1 Å². The minimum atomic E-state index is 0.196. The Hall–Kier alpha value is -1.81. The Morgan fingerprint density at radius 3 is 2.56 bits per heavy atom. The molecule has 0 atom stereocenters. The van der Waals surface area contributed by atoms with Crippen molar-refractivity contribution in [3.63, 3.8) is 0 Å². The van der Waals surface area contributed by atoms with Crippen molar-refractivity contribution in [2.45, 2.75) is 19.9 Å².